The molecule has 3 nitrogen and oxygen atoms in total. The highest BCUT2D eigenvalue weighted by Gasteiger charge is 2.19. The molecule has 0 radical (unpaired) electrons. The van der Waals surface area contributed by atoms with E-state index in [-0.39, 0.29) is 0 Å². The molecule has 8 aromatic rings. The molecule has 0 fully saturated rings. The molecular weight excluding hydrogens is 510 g/mol. The van der Waals surface area contributed by atoms with E-state index in [0.717, 1.165) is 28.1 Å². The predicted octanol–water partition coefficient (Wildman–Crippen LogP) is 9.94. The summed E-state index contributed by atoms with van der Waals surface area (Å²) < 4.78 is 2.08. The largest absolute Gasteiger partial charge is 0.312 e. The first kappa shape index (κ1) is 24.3. The van der Waals surface area contributed by atoms with Gasteiger partial charge in [0.2, 0.25) is 0 Å². The monoisotopic (exact) mass is 537 g/mol. The number of aryl methyl sites for hydroxylation is 1. The quantitative estimate of drug-likeness (QED) is 0.209. The molecule has 0 aliphatic rings. The average Bonchev–Trinajstić information content (AvgIpc) is 3.39. The van der Waals surface area contributed by atoms with Crippen molar-refractivity contribution in [3.05, 3.63) is 146 Å². The Morgan fingerprint density at radius 3 is 1.57 bits per heavy atom. The van der Waals surface area contributed by atoms with Crippen LogP contribution in [0.1, 0.15) is 0 Å². The second-order valence-corrected chi connectivity index (χ2v) is 10.7. The number of nitrogens with zero attached hydrogens (tertiary/aromatic N) is 3. The van der Waals surface area contributed by atoms with Gasteiger partial charge in [-0.25, -0.2) is 9.97 Å². The molecule has 3 heteroatoms. The maximum Gasteiger partial charge on any atom is 0.160 e. The Morgan fingerprint density at radius 1 is 0.452 bits per heavy atom. The molecular formula is C39H27N3. The lowest BCUT2D eigenvalue weighted by Crippen LogP contribution is -1.94. The molecule has 0 aliphatic heterocycles. The number of pyridine rings is 1. The first-order valence-electron chi connectivity index (χ1n) is 14.2. The highest BCUT2D eigenvalue weighted by Crippen LogP contribution is 2.44. The Labute approximate surface area is 244 Å². The fourth-order valence-electron chi connectivity index (χ4n) is 6.29. The topological polar surface area (TPSA) is 30.7 Å². The van der Waals surface area contributed by atoms with Crippen LogP contribution in [0.3, 0.4) is 0 Å². The van der Waals surface area contributed by atoms with Gasteiger partial charge in [-0.05, 0) is 61.5 Å². The molecule has 0 saturated carbocycles. The second-order valence-electron chi connectivity index (χ2n) is 10.7. The Hall–Kier alpha value is -5.54. The Bertz CT molecular complexity index is 2190. The van der Waals surface area contributed by atoms with Crippen LogP contribution in [0.5, 0.6) is 0 Å². The molecule has 0 amide bonds. The third-order valence-electron chi connectivity index (χ3n) is 8.22. The van der Waals surface area contributed by atoms with Gasteiger partial charge in [0.25, 0.3) is 0 Å². The van der Waals surface area contributed by atoms with E-state index in [1.54, 1.807) is 0 Å². The zero-order chi connectivity index (χ0) is 28.0. The van der Waals surface area contributed by atoms with Crippen LogP contribution in [0.15, 0.2) is 146 Å². The van der Waals surface area contributed by atoms with Crippen molar-refractivity contribution < 1.29 is 0 Å². The van der Waals surface area contributed by atoms with Crippen molar-refractivity contribution in [2.75, 3.05) is 0 Å². The fraction of sp³-hybridized carbons (Fsp3) is 0.0256. The van der Waals surface area contributed by atoms with Gasteiger partial charge < -0.3 is 4.57 Å². The summed E-state index contributed by atoms with van der Waals surface area (Å²) in [5.74, 6) is 0.915. The molecule has 8 rings (SSSR count). The molecule has 0 bridgehead atoms. The summed E-state index contributed by atoms with van der Waals surface area (Å²) in [6, 6.07) is 49.5. The lowest BCUT2D eigenvalue weighted by atomic mass is 9.86. The lowest BCUT2D eigenvalue weighted by molar-refractivity contribution is 0.942. The maximum atomic E-state index is 5.03. The van der Waals surface area contributed by atoms with Gasteiger partial charge in [-0.2, -0.15) is 0 Å². The van der Waals surface area contributed by atoms with E-state index in [0.29, 0.717) is 0 Å². The number of hydrogen-bond acceptors (Lipinski definition) is 2. The smallest absolute Gasteiger partial charge is 0.160 e. The molecule has 0 spiro atoms. The van der Waals surface area contributed by atoms with Gasteiger partial charge in [-0.1, -0.05) is 127 Å². The number of benzene rings is 6. The molecule has 2 heterocycles. The molecule has 0 aliphatic carbocycles. The molecule has 0 saturated heterocycles. The standard InChI is InChI=1S/C39H27N3/c1-42-38(27-15-6-3-7-16-27)41-35-24-30(25-40-39(35)42)37-33-21-10-8-19-31(33)36(32-20-9-11-22-34(32)37)29-18-12-17-28(23-29)26-13-4-2-5-14-26/h2-25H,1H3. The molecule has 0 N–H and O–H groups in total. The summed E-state index contributed by atoms with van der Waals surface area (Å²) >= 11 is 0. The van der Waals surface area contributed by atoms with Gasteiger partial charge in [0.05, 0.1) is 0 Å². The van der Waals surface area contributed by atoms with Crippen molar-refractivity contribution in [3.63, 3.8) is 0 Å². The van der Waals surface area contributed by atoms with Crippen LogP contribution in [-0.4, -0.2) is 14.5 Å². The number of fused-ring (bicyclic) bond motifs is 3. The first-order chi connectivity index (χ1) is 20.8. The van der Waals surface area contributed by atoms with Gasteiger partial charge in [0.1, 0.15) is 11.3 Å². The summed E-state index contributed by atoms with van der Waals surface area (Å²) in [7, 11) is 2.04. The molecule has 42 heavy (non-hydrogen) atoms. The number of aromatic nitrogens is 3. The number of imidazole rings is 1. The van der Waals surface area contributed by atoms with Gasteiger partial charge >= 0.3 is 0 Å². The van der Waals surface area contributed by atoms with Crippen molar-refractivity contribution in [2.45, 2.75) is 0 Å². The van der Waals surface area contributed by atoms with Gasteiger partial charge in [-0.15, -0.1) is 0 Å². The molecule has 0 unspecified atom stereocenters. The van der Waals surface area contributed by atoms with E-state index in [1.165, 1.54) is 49.4 Å². The van der Waals surface area contributed by atoms with Crippen LogP contribution in [-0.2, 0) is 7.05 Å². The lowest BCUT2D eigenvalue weighted by Gasteiger charge is -2.18. The summed E-state index contributed by atoms with van der Waals surface area (Å²) in [4.78, 5) is 9.98. The van der Waals surface area contributed by atoms with Crippen LogP contribution >= 0.6 is 0 Å². The van der Waals surface area contributed by atoms with Crippen molar-refractivity contribution in [2.24, 2.45) is 7.05 Å². The highest BCUT2D eigenvalue weighted by atomic mass is 15.1. The Kier molecular flexibility index (Phi) is 5.68. The second kappa shape index (κ2) is 9.83. The summed E-state index contributed by atoms with van der Waals surface area (Å²) in [5.41, 5.74) is 9.99. The van der Waals surface area contributed by atoms with Crippen molar-refractivity contribution >= 4 is 32.7 Å². The number of rotatable bonds is 4. The van der Waals surface area contributed by atoms with E-state index in [4.69, 9.17) is 9.97 Å². The summed E-state index contributed by atoms with van der Waals surface area (Å²) in [6.45, 7) is 0. The van der Waals surface area contributed by atoms with E-state index in [2.05, 4.69) is 126 Å². The molecule has 6 aromatic carbocycles. The van der Waals surface area contributed by atoms with Crippen LogP contribution in [0.2, 0.25) is 0 Å². The van der Waals surface area contributed by atoms with Crippen molar-refractivity contribution in [1.29, 1.82) is 0 Å². The zero-order valence-corrected chi connectivity index (χ0v) is 23.2. The zero-order valence-electron chi connectivity index (χ0n) is 23.2. The Morgan fingerprint density at radius 2 is 0.952 bits per heavy atom. The van der Waals surface area contributed by atoms with Gasteiger partial charge in [-0.3, -0.25) is 0 Å². The Balaban J connectivity index is 1.38. The van der Waals surface area contributed by atoms with Crippen LogP contribution in [0.25, 0.3) is 77.5 Å². The van der Waals surface area contributed by atoms with Crippen molar-refractivity contribution in [1.82, 2.24) is 14.5 Å². The third-order valence-corrected chi connectivity index (χ3v) is 8.22. The summed E-state index contributed by atoms with van der Waals surface area (Å²) in [6.07, 6.45) is 2.00. The van der Waals surface area contributed by atoms with Crippen LogP contribution in [0, 0.1) is 0 Å². The van der Waals surface area contributed by atoms with Gasteiger partial charge in [0.15, 0.2) is 5.65 Å². The third kappa shape index (κ3) is 3.90. The fourth-order valence-corrected chi connectivity index (χ4v) is 6.29. The maximum absolute atomic E-state index is 5.03. The van der Waals surface area contributed by atoms with E-state index >= 15 is 0 Å². The minimum atomic E-state index is 0.876. The van der Waals surface area contributed by atoms with Crippen LogP contribution in [0.4, 0.5) is 0 Å². The van der Waals surface area contributed by atoms with E-state index in [9.17, 15) is 0 Å². The number of hydrogen-bond donors (Lipinski definition) is 0. The predicted molar refractivity (Wildman–Crippen MR) is 175 cm³/mol. The van der Waals surface area contributed by atoms with Crippen LogP contribution < -0.4 is 0 Å². The molecule has 198 valence electrons. The highest BCUT2D eigenvalue weighted by molar-refractivity contribution is 6.21. The first-order valence-corrected chi connectivity index (χ1v) is 14.2. The normalized spacial score (nSPS) is 11.5. The average molecular weight is 538 g/mol. The van der Waals surface area contributed by atoms with Gasteiger partial charge in [0, 0.05) is 24.4 Å². The van der Waals surface area contributed by atoms with Crippen molar-refractivity contribution in [3.8, 4) is 44.8 Å². The minimum Gasteiger partial charge on any atom is -0.312 e. The SMILES string of the molecule is Cn1c(-c2ccccc2)nc2cc(-c3c4ccccc4c(-c4cccc(-c5ccccc5)c4)c4ccccc34)cnc21. The molecule has 2 aromatic heterocycles. The summed E-state index contributed by atoms with van der Waals surface area (Å²) in [5, 5.41) is 4.86. The minimum absolute atomic E-state index is 0.876. The molecule has 0 atom stereocenters. The van der Waals surface area contributed by atoms with E-state index < -0.39 is 0 Å². The van der Waals surface area contributed by atoms with E-state index in [1.807, 2.05) is 31.4 Å².